The molecule has 3 rings (SSSR count). The van der Waals surface area contributed by atoms with Crippen LogP contribution in [0.3, 0.4) is 0 Å². The molecular weight excluding hydrogens is 322 g/mol. The van der Waals surface area contributed by atoms with E-state index in [-0.39, 0.29) is 5.91 Å². The van der Waals surface area contributed by atoms with Crippen LogP contribution in [0.2, 0.25) is 0 Å². The molecule has 0 aliphatic rings. The summed E-state index contributed by atoms with van der Waals surface area (Å²) in [5.74, 6) is 1.09. The molecule has 0 saturated carbocycles. The van der Waals surface area contributed by atoms with Crippen molar-refractivity contribution in [1.29, 1.82) is 0 Å². The molecule has 0 atom stereocenters. The molecule has 0 radical (unpaired) electrons. The lowest BCUT2D eigenvalue weighted by atomic mass is 10.2. The molecule has 0 aliphatic heterocycles. The van der Waals surface area contributed by atoms with Gasteiger partial charge in [-0.05, 0) is 36.4 Å². The van der Waals surface area contributed by atoms with Crippen molar-refractivity contribution < 1.29 is 18.7 Å². The molecule has 0 unspecified atom stereocenters. The fraction of sp³-hybridized carbons (Fsp3) is 0.222. The summed E-state index contributed by atoms with van der Waals surface area (Å²) in [7, 11) is 3.19. The Kier molecular flexibility index (Phi) is 5.15. The molecule has 7 nitrogen and oxygen atoms in total. The second-order valence-corrected chi connectivity index (χ2v) is 5.25. The molecule has 1 aromatic carbocycles. The number of nitrogens with zero attached hydrogens (tertiary/aromatic N) is 2. The van der Waals surface area contributed by atoms with Gasteiger partial charge in [0, 0.05) is 19.7 Å². The van der Waals surface area contributed by atoms with Crippen LogP contribution in [0.5, 0.6) is 5.75 Å². The molecule has 7 heteroatoms. The van der Waals surface area contributed by atoms with Crippen LogP contribution in [0.1, 0.15) is 10.5 Å². The molecular formula is C18H19N3O4. The van der Waals surface area contributed by atoms with Gasteiger partial charge in [-0.1, -0.05) is 0 Å². The SMILES string of the molecule is COCCNC(=O)c1cc(-c2ccco2)nn1-c1ccc(OC)cc1. The molecule has 0 fully saturated rings. The Morgan fingerprint density at radius 1 is 1.24 bits per heavy atom. The van der Waals surface area contributed by atoms with Crippen molar-refractivity contribution in [1.82, 2.24) is 15.1 Å². The number of nitrogens with one attached hydrogen (secondary N) is 1. The summed E-state index contributed by atoms with van der Waals surface area (Å²) in [4.78, 5) is 12.5. The van der Waals surface area contributed by atoms with Gasteiger partial charge in [-0.25, -0.2) is 4.68 Å². The zero-order valence-corrected chi connectivity index (χ0v) is 14.1. The third kappa shape index (κ3) is 3.72. The molecule has 1 N–H and O–H groups in total. The van der Waals surface area contributed by atoms with E-state index in [1.54, 1.807) is 43.4 Å². The first-order valence-electron chi connectivity index (χ1n) is 7.78. The summed E-state index contributed by atoms with van der Waals surface area (Å²) >= 11 is 0. The minimum atomic E-state index is -0.238. The molecule has 1 amide bonds. The van der Waals surface area contributed by atoms with Gasteiger partial charge in [0.1, 0.15) is 17.1 Å². The van der Waals surface area contributed by atoms with Crippen LogP contribution in [0.25, 0.3) is 17.1 Å². The number of aromatic nitrogens is 2. The summed E-state index contributed by atoms with van der Waals surface area (Å²) in [6, 6.07) is 12.6. The lowest BCUT2D eigenvalue weighted by Crippen LogP contribution is -2.28. The summed E-state index contributed by atoms with van der Waals surface area (Å²) in [6.07, 6.45) is 1.57. The first-order valence-corrected chi connectivity index (χ1v) is 7.78. The third-order valence-electron chi connectivity index (χ3n) is 3.62. The van der Waals surface area contributed by atoms with Crippen LogP contribution in [-0.4, -0.2) is 43.1 Å². The Balaban J connectivity index is 1.97. The van der Waals surface area contributed by atoms with Crippen molar-refractivity contribution in [2.45, 2.75) is 0 Å². The van der Waals surface area contributed by atoms with Crippen molar-refractivity contribution in [2.75, 3.05) is 27.4 Å². The van der Waals surface area contributed by atoms with Crippen molar-refractivity contribution in [3.63, 3.8) is 0 Å². The molecule has 25 heavy (non-hydrogen) atoms. The Morgan fingerprint density at radius 2 is 2.04 bits per heavy atom. The second-order valence-electron chi connectivity index (χ2n) is 5.25. The van der Waals surface area contributed by atoms with Gasteiger partial charge in [0.15, 0.2) is 5.76 Å². The standard InChI is InChI=1S/C18H19N3O4/c1-23-11-9-19-18(22)16-12-15(17-4-3-10-25-17)20-21(16)13-5-7-14(24-2)8-6-13/h3-8,10,12H,9,11H2,1-2H3,(H,19,22). The maximum absolute atomic E-state index is 12.5. The van der Waals surface area contributed by atoms with Gasteiger partial charge in [0.25, 0.3) is 5.91 Å². The smallest absolute Gasteiger partial charge is 0.270 e. The van der Waals surface area contributed by atoms with Gasteiger partial charge in [-0.15, -0.1) is 0 Å². The number of benzene rings is 1. The highest BCUT2D eigenvalue weighted by Gasteiger charge is 2.18. The number of rotatable bonds is 7. The average Bonchev–Trinajstić information content (AvgIpc) is 3.31. The van der Waals surface area contributed by atoms with E-state index >= 15 is 0 Å². The Morgan fingerprint density at radius 3 is 2.68 bits per heavy atom. The van der Waals surface area contributed by atoms with Crippen LogP contribution < -0.4 is 10.1 Å². The average molecular weight is 341 g/mol. The number of furan rings is 1. The molecule has 3 aromatic rings. The molecule has 130 valence electrons. The van der Waals surface area contributed by atoms with Crippen LogP contribution in [0, 0.1) is 0 Å². The molecule has 0 bridgehead atoms. The highest BCUT2D eigenvalue weighted by molar-refractivity contribution is 5.94. The lowest BCUT2D eigenvalue weighted by molar-refractivity contribution is 0.0929. The minimum absolute atomic E-state index is 0.238. The van der Waals surface area contributed by atoms with Gasteiger partial charge in [0.2, 0.25) is 0 Å². The second kappa shape index (κ2) is 7.67. The van der Waals surface area contributed by atoms with Gasteiger partial charge in [-0.3, -0.25) is 4.79 Å². The van der Waals surface area contributed by atoms with E-state index in [0.29, 0.717) is 30.3 Å². The summed E-state index contributed by atoms with van der Waals surface area (Å²) < 4.78 is 17.1. The highest BCUT2D eigenvalue weighted by atomic mass is 16.5. The Hall–Kier alpha value is -3.06. The number of hydrogen-bond acceptors (Lipinski definition) is 5. The van der Waals surface area contributed by atoms with E-state index in [1.165, 1.54) is 0 Å². The minimum Gasteiger partial charge on any atom is -0.497 e. The number of methoxy groups -OCH3 is 2. The fourth-order valence-corrected chi connectivity index (χ4v) is 2.36. The quantitative estimate of drug-likeness (QED) is 0.668. The van der Waals surface area contributed by atoms with Gasteiger partial charge in [0.05, 0.1) is 25.7 Å². The van der Waals surface area contributed by atoms with E-state index in [2.05, 4.69) is 10.4 Å². The Bertz CT molecular complexity index is 823. The number of carbonyl (C=O) groups is 1. The zero-order valence-electron chi connectivity index (χ0n) is 14.1. The summed E-state index contributed by atoms with van der Waals surface area (Å²) in [5.41, 5.74) is 1.74. The van der Waals surface area contributed by atoms with Crippen LogP contribution in [0.4, 0.5) is 0 Å². The maximum atomic E-state index is 12.5. The van der Waals surface area contributed by atoms with E-state index in [1.807, 2.05) is 24.3 Å². The van der Waals surface area contributed by atoms with E-state index in [4.69, 9.17) is 13.9 Å². The maximum Gasteiger partial charge on any atom is 0.270 e. The molecule has 0 spiro atoms. The first kappa shape index (κ1) is 16.8. The number of ether oxygens (including phenoxy) is 2. The van der Waals surface area contributed by atoms with E-state index < -0.39 is 0 Å². The molecule has 2 heterocycles. The van der Waals surface area contributed by atoms with Crippen molar-refractivity contribution in [3.8, 4) is 22.9 Å². The van der Waals surface area contributed by atoms with Crippen LogP contribution in [-0.2, 0) is 4.74 Å². The molecule has 0 saturated heterocycles. The van der Waals surface area contributed by atoms with Gasteiger partial charge in [-0.2, -0.15) is 5.10 Å². The van der Waals surface area contributed by atoms with Crippen molar-refractivity contribution >= 4 is 5.91 Å². The zero-order chi connectivity index (χ0) is 17.6. The van der Waals surface area contributed by atoms with E-state index in [0.717, 1.165) is 11.4 Å². The van der Waals surface area contributed by atoms with E-state index in [9.17, 15) is 4.79 Å². The van der Waals surface area contributed by atoms with Gasteiger partial charge < -0.3 is 19.2 Å². The summed E-state index contributed by atoms with van der Waals surface area (Å²) in [5, 5.41) is 7.33. The van der Waals surface area contributed by atoms with Gasteiger partial charge >= 0.3 is 0 Å². The largest absolute Gasteiger partial charge is 0.497 e. The predicted molar refractivity (Wildman–Crippen MR) is 92.0 cm³/mol. The summed E-state index contributed by atoms with van der Waals surface area (Å²) in [6.45, 7) is 0.854. The lowest BCUT2D eigenvalue weighted by Gasteiger charge is -2.08. The Labute approximate surface area is 145 Å². The number of amides is 1. The topological polar surface area (TPSA) is 78.5 Å². The van der Waals surface area contributed by atoms with Crippen LogP contribution in [0.15, 0.2) is 53.1 Å². The molecule has 0 aliphatic carbocycles. The monoisotopic (exact) mass is 341 g/mol. The van der Waals surface area contributed by atoms with Crippen molar-refractivity contribution in [3.05, 3.63) is 54.4 Å². The highest BCUT2D eigenvalue weighted by Crippen LogP contribution is 2.23. The first-order chi connectivity index (χ1) is 12.2. The predicted octanol–water partition coefficient (Wildman–Crippen LogP) is 2.52. The number of carbonyl (C=O) groups excluding carboxylic acids is 1. The van der Waals surface area contributed by atoms with Crippen LogP contribution >= 0.6 is 0 Å². The molecule has 2 aromatic heterocycles. The normalized spacial score (nSPS) is 10.6. The van der Waals surface area contributed by atoms with Crippen molar-refractivity contribution in [2.24, 2.45) is 0 Å². The fourth-order valence-electron chi connectivity index (χ4n) is 2.36. The number of hydrogen-bond donors (Lipinski definition) is 1. The third-order valence-corrected chi connectivity index (χ3v) is 3.62.